The molecule has 0 saturated heterocycles. The molecule has 3 heteroatoms. The second kappa shape index (κ2) is 5.83. The topological polar surface area (TPSA) is 24.8 Å². The minimum Gasteiger partial charge on any atom is -0.491 e. The SMILES string of the molecule is C=CN=C1c2cc(-c3ccccc3)ccc2OCCN1C. The number of likely N-dealkylation sites (N-methyl/N-ethyl adjacent to an activating group) is 1. The molecule has 0 saturated carbocycles. The molecular weight excluding hydrogens is 260 g/mol. The van der Waals surface area contributed by atoms with Gasteiger partial charge in [-0.1, -0.05) is 43.0 Å². The highest BCUT2D eigenvalue weighted by molar-refractivity contribution is 6.02. The van der Waals surface area contributed by atoms with E-state index in [0.717, 1.165) is 29.3 Å². The van der Waals surface area contributed by atoms with Gasteiger partial charge in [-0.3, -0.25) is 0 Å². The van der Waals surface area contributed by atoms with Crippen LogP contribution in [0.3, 0.4) is 0 Å². The molecule has 0 bridgehead atoms. The molecule has 0 aromatic heterocycles. The predicted octanol–water partition coefficient (Wildman–Crippen LogP) is 3.57. The molecule has 0 amide bonds. The highest BCUT2D eigenvalue weighted by atomic mass is 16.5. The molecular formula is C18H18N2O. The molecule has 0 N–H and O–H groups in total. The zero-order chi connectivity index (χ0) is 14.7. The second-order valence-corrected chi connectivity index (χ2v) is 4.98. The van der Waals surface area contributed by atoms with Crippen LogP contribution in [0.2, 0.25) is 0 Å². The van der Waals surface area contributed by atoms with Gasteiger partial charge in [0.2, 0.25) is 0 Å². The minimum atomic E-state index is 0.657. The summed E-state index contributed by atoms with van der Waals surface area (Å²) in [6.45, 7) is 5.18. The highest BCUT2D eigenvalue weighted by Crippen LogP contribution is 2.29. The van der Waals surface area contributed by atoms with Gasteiger partial charge in [0.05, 0.1) is 12.1 Å². The van der Waals surface area contributed by atoms with E-state index in [0.29, 0.717) is 6.61 Å². The fourth-order valence-electron chi connectivity index (χ4n) is 2.50. The molecule has 1 aliphatic rings. The Labute approximate surface area is 125 Å². The van der Waals surface area contributed by atoms with E-state index >= 15 is 0 Å². The van der Waals surface area contributed by atoms with Gasteiger partial charge in [0, 0.05) is 13.2 Å². The smallest absolute Gasteiger partial charge is 0.139 e. The lowest BCUT2D eigenvalue weighted by Crippen LogP contribution is -2.28. The molecule has 0 fully saturated rings. The Bertz CT molecular complexity index is 677. The molecule has 0 spiro atoms. The number of fused-ring (bicyclic) bond motifs is 1. The van der Waals surface area contributed by atoms with Crippen LogP contribution in [0.15, 0.2) is 66.3 Å². The molecule has 0 radical (unpaired) electrons. The summed E-state index contributed by atoms with van der Waals surface area (Å²) in [4.78, 5) is 6.53. The average molecular weight is 278 g/mol. The third-order valence-electron chi connectivity index (χ3n) is 3.59. The maximum Gasteiger partial charge on any atom is 0.139 e. The molecule has 3 nitrogen and oxygen atoms in total. The highest BCUT2D eigenvalue weighted by Gasteiger charge is 2.19. The van der Waals surface area contributed by atoms with E-state index in [-0.39, 0.29) is 0 Å². The summed E-state index contributed by atoms with van der Waals surface area (Å²) in [7, 11) is 2.02. The van der Waals surface area contributed by atoms with Crippen LogP contribution >= 0.6 is 0 Å². The quantitative estimate of drug-likeness (QED) is 0.839. The van der Waals surface area contributed by atoms with Gasteiger partial charge < -0.3 is 9.64 Å². The Kier molecular flexibility index (Phi) is 3.73. The molecule has 2 aromatic rings. The van der Waals surface area contributed by atoms with Crippen molar-refractivity contribution in [2.75, 3.05) is 20.2 Å². The first-order chi connectivity index (χ1) is 10.3. The van der Waals surface area contributed by atoms with Gasteiger partial charge in [-0.2, -0.15) is 0 Å². The van der Waals surface area contributed by atoms with Gasteiger partial charge in [0.15, 0.2) is 0 Å². The Morgan fingerprint density at radius 1 is 1.14 bits per heavy atom. The van der Waals surface area contributed by atoms with Gasteiger partial charge in [-0.15, -0.1) is 0 Å². The maximum atomic E-state index is 5.83. The monoisotopic (exact) mass is 278 g/mol. The maximum absolute atomic E-state index is 5.83. The van der Waals surface area contributed by atoms with Crippen LogP contribution in [0, 0.1) is 0 Å². The number of aliphatic imine (C=N–C) groups is 1. The zero-order valence-electron chi connectivity index (χ0n) is 12.1. The summed E-state index contributed by atoms with van der Waals surface area (Å²) in [6, 6.07) is 16.6. The third kappa shape index (κ3) is 2.68. The van der Waals surface area contributed by atoms with Crippen LogP contribution in [0.5, 0.6) is 5.75 Å². The van der Waals surface area contributed by atoms with E-state index in [1.54, 1.807) is 6.20 Å². The molecule has 21 heavy (non-hydrogen) atoms. The van der Waals surface area contributed by atoms with Crippen molar-refractivity contribution in [3.05, 3.63) is 66.9 Å². The minimum absolute atomic E-state index is 0.657. The van der Waals surface area contributed by atoms with Crippen LogP contribution in [-0.4, -0.2) is 30.9 Å². The Balaban J connectivity index is 2.13. The van der Waals surface area contributed by atoms with Crippen LogP contribution in [-0.2, 0) is 0 Å². The standard InChI is InChI=1S/C18H18N2O/c1-3-19-18-16-13-15(14-7-5-4-6-8-14)9-10-17(16)21-12-11-20(18)2/h3-10,13H,1,11-12H2,2H3. The number of ether oxygens (including phenoxy) is 1. The molecule has 1 aliphatic heterocycles. The van der Waals surface area contributed by atoms with Gasteiger partial charge in [-0.25, -0.2) is 4.99 Å². The summed E-state index contributed by atoms with van der Waals surface area (Å²) in [6.07, 6.45) is 1.58. The fraction of sp³-hybridized carbons (Fsp3) is 0.167. The zero-order valence-corrected chi connectivity index (χ0v) is 12.1. The number of benzene rings is 2. The van der Waals surface area contributed by atoms with Crippen molar-refractivity contribution in [2.24, 2.45) is 4.99 Å². The molecule has 106 valence electrons. The van der Waals surface area contributed by atoms with Crippen LogP contribution < -0.4 is 4.74 Å². The van der Waals surface area contributed by atoms with E-state index < -0.39 is 0 Å². The number of rotatable bonds is 2. The van der Waals surface area contributed by atoms with Gasteiger partial charge in [0.25, 0.3) is 0 Å². The van der Waals surface area contributed by atoms with Crippen molar-refractivity contribution in [1.82, 2.24) is 4.90 Å². The van der Waals surface area contributed by atoms with Crippen LogP contribution in [0.25, 0.3) is 11.1 Å². The molecule has 0 unspecified atom stereocenters. The Morgan fingerprint density at radius 2 is 1.95 bits per heavy atom. The number of hydrogen-bond acceptors (Lipinski definition) is 2. The lowest BCUT2D eigenvalue weighted by atomic mass is 10.0. The average Bonchev–Trinajstić information content (AvgIpc) is 2.68. The van der Waals surface area contributed by atoms with Crippen LogP contribution in [0.4, 0.5) is 0 Å². The van der Waals surface area contributed by atoms with Crippen molar-refractivity contribution in [1.29, 1.82) is 0 Å². The van der Waals surface area contributed by atoms with E-state index in [9.17, 15) is 0 Å². The number of amidine groups is 1. The predicted molar refractivity (Wildman–Crippen MR) is 86.7 cm³/mol. The van der Waals surface area contributed by atoms with Crippen molar-refractivity contribution < 1.29 is 4.74 Å². The van der Waals surface area contributed by atoms with Crippen molar-refractivity contribution in [3.8, 4) is 16.9 Å². The van der Waals surface area contributed by atoms with E-state index in [1.807, 2.05) is 31.3 Å². The Morgan fingerprint density at radius 3 is 2.71 bits per heavy atom. The first-order valence-electron chi connectivity index (χ1n) is 7.02. The summed E-state index contributed by atoms with van der Waals surface area (Å²) in [5, 5.41) is 0. The summed E-state index contributed by atoms with van der Waals surface area (Å²) in [5.41, 5.74) is 3.35. The molecule has 1 heterocycles. The molecule has 2 aromatic carbocycles. The number of hydrogen-bond donors (Lipinski definition) is 0. The van der Waals surface area contributed by atoms with E-state index in [2.05, 4.69) is 40.7 Å². The lowest BCUT2D eigenvalue weighted by molar-refractivity contribution is 0.294. The molecule has 3 rings (SSSR count). The van der Waals surface area contributed by atoms with Gasteiger partial charge in [0.1, 0.15) is 18.2 Å². The first-order valence-corrected chi connectivity index (χ1v) is 7.02. The normalized spacial score (nSPS) is 16.0. The van der Waals surface area contributed by atoms with Crippen molar-refractivity contribution in [2.45, 2.75) is 0 Å². The second-order valence-electron chi connectivity index (χ2n) is 4.98. The Hall–Kier alpha value is -2.55. The van der Waals surface area contributed by atoms with Crippen LogP contribution in [0.1, 0.15) is 5.56 Å². The fourth-order valence-corrected chi connectivity index (χ4v) is 2.50. The summed E-state index contributed by atoms with van der Waals surface area (Å²) in [5.74, 6) is 1.77. The van der Waals surface area contributed by atoms with Crippen molar-refractivity contribution in [3.63, 3.8) is 0 Å². The number of nitrogens with zero attached hydrogens (tertiary/aromatic N) is 2. The first kappa shape index (κ1) is 13.4. The van der Waals surface area contributed by atoms with E-state index in [1.165, 1.54) is 5.56 Å². The molecule has 0 aliphatic carbocycles. The van der Waals surface area contributed by atoms with Gasteiger partial charge >= 0.3 is 0 Å². The third-order valence-corrected chi connectivity index (χ3v) is 3.59. The van der Waals surface area contributed by atoms with E-state index in [4.69, 9.17) is 4.74 Å². The molecule has 0 atom stereocenters. The summed E-state index contributed by atoms with van der Waals surface area (Å²) >= 11 is 0. The summed E-state index contributed by atoms with van der Waals surface area (Å²) < 4.78 is 5.83. The largest absolute Gasteiger partial charge is 0.491 e. The lowest BCUT2D eigenvalue weighted by Gasteiger charge is -2.17. The van der Waals surface area contributed by atoms with Crippen molar-refractivity contribution >= 4 is 5.84 Å². The van der Waals surface area contributed by atoms with Gasteiger partial charge in [-0.05, 0) is 23.3 Å².